The predicted octanol–water partition coefficient (Wildman–Crippen LogP) is 3.04. The summed E-state index contributed by atoms with van der Waals surface area (Å²) < 4.78 is 33.9. The highest BCUT2D eigenvalue weighted by atomic mass is 32.2. The molecule has 7 heteroatoms. The van der Waals surface area contributed by atoms with Gasteiger partial charge in [0.2, 0.25) is 15.9 Å². The van der Waals surface area contributed by atoms with Gasteiger partial charge in [-0.2, -0.15) is 0 Å². The lowest BCUT2D eigenvalue weighted by atomic mass is 10.2. The summed E-state index contributed by atoms with van der Waals surface area (Å²) in [6, 6.07) is 12.2. The Hall–Kier alpha value is -2.38. The van der Waals surface area contributed by atoms with E-state index in [0.29, 0.717) is 19.4 Å². The number of anilines is 1. The van der Waals surface area contributed by atoms with Crippen LogP contribution in [0.15, 0.2) is 47.4 Å². The van der Waals surface area contributed by atoms with E-state index in [9.17, 15) is 13.2 Å². The first-order valence-corrected chi connectivity index (χ1v) is 10.9. The molecule has 0 aliphatic carbocycles. The molecule has 6 nitrogen and oxygen atoms in total. The summed E-state index contributed by atoms with van der Waals surface area (Å²) in [6.45, 7) is 6.36. The summed E-state index contributed by atoms with van der Waals surface area (Å²) in [5.74, 6) is 0.793. The summed E-state index contributed by atoms with van der Waals surface area (Å²) in [4.78, 5) is 13.9. The van der Waals surface area contributed by atoms with Crippen LogP contribution in [0.25, 0.3) is 0 Å². The zero-order valence-corrected chi connectivity index (χ0v) is 17.3. The number of hydrogen-bond donors (Lipinski definition) is 1. The van der Waals surface area contributed by atoms with E-state index in [4.69, 9.17) is 4.74 Å². The molecule has 1 amide bonds. The third-order valence-corrected chi connectivity index (χ3v) is 6.39. The Balaban J connectivity index is 1.68. The van der Waals surface area contributed by atoms with Crippen LogP contribution in [0.2, 0.25) is 0 Å². The van der Waals surface area contributed by atoms with Gasteiger partial charge in [0.05, 0.1) is 10.9 Å². The van der Waals surface area contributed by atoms with Crippen molar-refractivity contribution in [2.75, 3.05) is 18.1 Å². The first-order chi connectivity index (χ1) is 13.3. The lowest BCUT2D eigenvalue weighted by molar-refractivity contribution is -0.118. The smallest absolute Gasteiger partial charge is 0.240 e. The van der Waals surface area contributed by atoms with Crippen molar-refractivity contribution in [2.24, 2.45) is 0 Å². The van der Waals surface area contributed by atoms with Crippen LogP contribution in [0.1, 0.15) is 31.4 Å². The number of carbonyl (C=O) groups is 1. The maximum Gasteiger partial charge on any atom is 0.240 e. The molecule has 2 aromatic carbocycles. The number of ether oxygens (including phenoxy) is 1. The molecule has 0 bridgehead atoms. The summed E-state index contributed by atoms with van der Waals surface area (Å²) in [6.07, 6.45) is 1.09. The number of carbonyl (C=O) groups excluding carboxylic acids is 1. The van der Waals surface area contributed by atoms with Gasteiger partial charge >= 0.3 is 0 Å². The largest absolute Gasteiger partial charge is 0.492 e. The highest BCUT2D eigenvalue weighted by Crippen LogP contribution is 2.30. The summed E-state index contributed by atoms with van der Waals surface area (Å²) >= 11 is 0. The molecule has 1 N–H and O–H groups in total. The molecule has 1 atom stereocenters. The van der Waals surface area contributed by atoms with Gasteiger partial charge in [0.1, 0.15) is 12.4 Å². The number of amides is 1. The minimum absolute atomic E-state index is 0.0504. The molecule has 0 fully saturated rings. The number of nitrogens with zero attached hydrogens (tertiary/aromatic N) is 1. The zero-order chi connectivity index (χ0) is 20.3. The van der Waals surface area contributed by atoms with E-state index >= 15 is 0 Å². The van der Waals surface area contributed by atoms with Gasteiger partial charge in [-0.3, -0.25) is 4.79 Å². The van der Waals surface area contributed by atoms with Crippen molar-refractivity contribution in [2.45, 2.75) is 44.6 Å². The van der Waals surface area contributed by atoms with Crippen LogP contribution < -0.4 is 14.4 Å². The minimum Gasteiger partial charge on any atom is -0.492 e. The molecule has 1 aliphatic rings. The van der Waals surface area contributed by atoms with Crippen molar-refractivity contribution < 1.29 is 17.9 Å². The van der Waals surface area contributed by atoms with E-state index in [1.54, 1.807) is 30.0 Å². The fourth-order valence-electron chi connectivity index (χ4n) is 3.30. The first-order valence-electron chi connectivity index (χ1n) is 9.46. The minimum atomic E-state index is -3.67. The van der Waals surface area contributed by atoms with E-state index in [0.717, 1.165) is 22.6 Å². The van der Waals surface area contributed by atoms with Gasteiger partial charge in [0.25, 0.3) is 0 Å². The van der Waals surface area contributed by atoms with E-state index in [1.807, 2.05) is 38.1 Å². The quantitative estimate of drug-likeness (QED) is 0.772. The average molecular weight is 403 g/mol. The normalized spacial score (nSPS) is 14.6. The SMILES string of the molecule is CCC(=O)N1CCc2cc(S(=O)(=O)N[C@H](C)COc3ccccc3C)ccc21. The summed E-state index contributed by atoms with van der Waals surface area (Å²) in [5.41, 5.74) is 2.69. The highest BCUT2D eigenvalue weighted by molar-refractivity contribution is 7.89. The van der Waals surface area contributed by atoms with Gasteiger partial charge in [-0.15, -0.1) is 0 Å². The molecule has 0 aromatic heterocycles. The third kappa shape index (κ3) is 4.36. The molecule has 2 aromatic rings. The van der Waals surface area contributed by atoms with Gasteiger partial charge in [0, 0.05) is 18.7 Å². The van der Waals surface area contributed by atoms with Crippen LogP contribution in [-0.4, -0.2) is 33.5 Å². The van der Waals surface area contributed by atoms with Crippen LogP contribution >= 0.6 is 0 Å². The van der Waals surface area contributed by atoms with Crippen LogP contribution in [0.3, 0.4) is 0 Å². The Morgan fingerprint density at radius 3 is 2.71 bits per heavy atom. The molecule has 0 spiro atoms. The Bertz CT molecular complexity index is 972. The zero-order valence-electron chi connectivity index (χ0n) is 16.4. The highest BCUT2D eigenvalue weighted by Gasteiger charge is 2.26. The molecule has 3 rings (SSSR count). The summed E-state index contributed by atoms with van der Waals surface area (Å²) in [7, 11) is -3.67. The van der Waals surface area contributed by atoms with Gasteiger partial charge in [-0.1, -0.05) is 25.1 Å². The van der Waals surface area contributed by atoms with Gasteiger partial charge in [-0.25, -0.2) is 13.1 Å². The number of benzene rings is 2. The van der Waals surface area contributed by atoms with Crippen LogP contribution in [-0.2, 0) is 21.2 Å². The Labute approximate surface area is 166 Å². The molecule has 150 valence electrons. The van der Waals surface area contributed by atoms with Crippen LogP contribution in [0.4, 0.5) is 5.69 Å². The fraction of sp³-hybridized carbons (Fsp3) is 0.381. The van der Waals surface area contributed by atoms with E-state index in [-0.39, 0.29) is 17.4 Å². The monoisotopic (exact) mass is 402 g/mol. The molecule has 1 heterocycles. The number of para-hydroxylation sites is 1. The molecule has 1 aliphatic heterocycles. The van der Waals surface area contributed by atoms with Crippen LogP contribution in [0, 0.1) is 6.92 Å². The maximum atomic E-state index is 12.7. The number of rotatable bonds is 7. The fourth-order valence-corrected chi connectivity index (χ4v) is 4.57. The molecular weight excluding hydrogens is 376 g/mol. The maximum absolute atomic E-state index is 12.7. The predicted molar refractivity (Wildman–Crippen MR) is 109 cm³/mol. The summed E-state index contributed by atoms with van der Waals surface area (Å²) in [5, 5.41) is 0. The van der Waals surface area contributed by atoms with Crippen molar-refractivity contribution in [1.82, 2.24) is 4.72 Å². The van der Waals surface area contributed by atoms with E-state index in [2.05, 4.69) is 4.72 Å². The third-order valence-electron chi connectivity index (χ3n) is 4.80. The topological polar surface area (TPSA) is 75.7 Å². The van der Waals surface area contributed by atoms with Gasteiger partial charge in [0.15, 0.2) is 0 Å². The number of hydrogen-bond acceptors (Lipinski definition) is 4. The molecule has 28 heavy (non-hydrogen) atoms. The molecule has 0 saturated carbocycles. The van der Waals surface area contributed by atoms with Gasteiger partial charge < -0.3 is 9.64 Å². The number of sulfonamides is 1. The second kappa shape index (κ2) is 8.32. The van der Waals surface area contributed by atoms with Crippen molar-refractivity contribution in [1.29, 1.82) is 0 Å². The molecule has 0 radical (unpaired) electrons. The number of fused-ring (bicyclic) bond motifs is 1. The first kappa shape index (κ1) is 20.4. The lowest BCUT2D eigenvalue weighted by Crippen LogP contribution is -2.36. The standard InChI is InChI=1S/C21H26N2O4S/c1-4-21(24)23-12-11-17-13-18(9-10-19(17)23)28(25,26)22-16(3)14-27-20-8-6-5-7-15(20)2/h5-10,13,16,22H,4,11-12,14H2,1-3H3/t16-/m1/s1. The second-order valence-electron chi connectivity index (χ2n) is 7.04. The average Bonchev–Trinajstić information content (AvgIpc) is 3.09. The van der Waals surface area contributed by atoms with Crippen molar-refractivity contribution in [3.8, 4) is 5.75 Å². The van der Waals surface area contributed by atoms with Crippen molar-refractivity contribution >= 4 is 21.6 Å². The molecular formula is C21H26N2O4S. The second-order valence-corrected chi connectivity index (χ2v) is 8.75. The lowest BCUT2D eigenvalue weighted by Gasteiger charge is -2.18. The van der Waals surface area contributed by atoms with Crippen molar-refractivity contribution in [3.05, 3.63) is 53.6 Å². The van der Waals surface area contributed by atoms with Gasteiger partial charge in [-0.05, 0) is 55.7 Å². The Morgan fingerprint density at radius 1 is 1.25 bits per heavy atom. The van der Waals surface area contributed by atoms with E-state index < -0.39 is 16.1 Å². The van der Waals surface area contributed by atoms with Crippen LogP contribution in [0.5, 0.6) is 5.75 Å². The number of nitrogens with one attached hydrogen (secondary N) is 1. The Morgan fingerprint density at radius 2 is 2.00 bits per heavy atom. The Kier molecular flexibility index (Phi) is 6.05. The van der Waals surface area contributed by atoms with Crippen molar-refractivity contribution in [3.63, 3.8) is 0 Å². The molecule has 0 unspecified atom stereocenters. The number of aryl methyl sites for hydroxylation is 1. The van der Waals surface area contributed by atoms with E-state index in [1.165, 1.54) is 0 Å². The molecule has 0 saturated heterocycles.